The van der Waals surface area contributed by atoms with Crippen LogP contribution in [0.25, 0.3) is 0 Å². The van der Waals surface area contributed by atoms with Gasteiger partial charge in [-0.25, -0.2) is 0 Å². The lowest BCUT2D eigenvalue weighted by molar-refractivity contribution is 0.102. The molecule has 1 aliphatic rings. The van der Waals surface area contributed by atoms with Gasteiger partial charge in [0.15, 0.2) is 11.5 Å². The molecule has 3 rings (SSSR count). The molecule has 2 aromatic carbocycles. The van der Waals surface area contributed by atoms with Crippen molar-refractivity contribution in [1.82, 2.24) is 0 Å². The Morgan fingerprint density at radius 1 is 1.00 bits per heavy atom. The molecule has 0 radical (unpaired) electrons. The van der Waals surface area contributed by atoms with Crippen LogP contribution in [0.15, 0.2) is 36.4 Å². The van der Waals surface area contributed by atoms with Crippen LogP contribution >= 0.6 is 0 Å². The van der Waals surface area contributed by atoms with Crippen molar-refractivity contribution in [3.63, 3.8) is 0 Å². The number of anilines is 1. The second-order valence-electron chi connectivity index (χ2n) is 5.20. The zero-order chi connectivity index (χ0) is 16.9. The van der Waals surface area contributed by atoms with Gasteiger partial charge in [0, 0.05) is 18.6 Å². The Bertz CT molecular complexity index is 744. The fourth-order valence-electron chi connectivity index (χ4n) is 2.47. The van der Waals surface area contributed by atoms with E-state index in [1.165, 1.54) is 7.11 Å². The predicted octanol–water partition coefficient (Wildman–Crippen LogP) is 3.12. The Hall–Kier alpha value is -2.89. The molecule has 0 spiro atoms. The van der Waals surface area contributed by atoms with E-state index in [1.54, 1.807) is 31.4 Å². The number of ether oxygens (including phenoxy) is 4. The maximum atomic E-state index is 12.7. The maximum Gasteiger partial charge on any atom is 0.259 e. The molecular formula is C18H19NO5. The van der Waals surface area contributed by atoms with E-state index in [4.69, 9.17) is 18.9 Å². The molecule has 24 heavy (non-hydrogen) atoms. The first kappa shape index (κ1) is 16.0. The third-order valence-corrected chi connectivity index (χ3v) is 3.67. The monoisotopic (exact) mass is 329 g/mol. The molecule has 2 aromatic rings. The fraction of sp³-hybridized carbons (Fsp3) is 0.278. The van der Waals surface area contributed by atoms with Crippen molar-refractivity contribution in [2.24, 2.45) is 0 Å². The van der Waals surface area contributed by atoms with Crippen molar-refractivity contribution in [3.8, 4) is 23.0 Å². The lowest BCUT2D eigenvalue weighted by atomic mass is 10.1. The normalized spacial score (nSPS) is 12.9. The van der Waals surface area contributed by atoms with Crippen LogP contribution in [0.3, 0.4) is 0 Å². The molecule has 126 valence electrons. The maximum absolute atomic E-state index is 12.7. The second-order valence-corrected chi connectivity index (χ2v) is 5.20. The number of nitrogens with one attached hydrogen (secondary N) is 1. The summed E-state index contributed by atoms with van der Waals surface area (Å²) in [6.07, 6.45) is 0.791. The van der Waals surface area contributed by atoms with Crippen LogP contribution < -0.4 is 24.3 Å². The molecule has 6 heteroatoms. The van der Waals surface area contributed by atoms with E-state index in [2.05, 4.69) is 5.32 Å². The topological polar surface area (TPSA) is 66.0 Å². The van der Waals surface area contributed by atoms with Gasteiger partial charge in [0.2, 0.25) is 0 Å². The quantitative estimate of drug-likeness (QED) is 0.933. The van der Waals surface area contributed by atoms with Crippen LogP contribution in [0.1, 0.15) is 16.8 Å². The Morgan fingerprint density at radius 2 is 1.67 bits per heavy atom. The molecule has 0 atom stereocenters. The Morgan fingerprint density at radius 3 is 2.38 bits per heavy atom. The van der Waals surface area contributed by atoms with Gasteiger partial charge in [-0.15, -0.1) is 0 Å². The van der Waals surface area contributed by atoms with E-state index in [-0.39, 0.29) is 5.91 Å². The number of hydrogen-bond donors (Lipinski definition) is 1. The zero-order valence-electron chi connectivity index (χ0n) is 13.6. The van der Waals surface area contributed by atoms with Crippen molar-refractivity contribution >= 4 is 11.6 Å². The van der Waals surface area contributed by atoms with Gasteiger partial charge in [0.25, 0.3) is 5.91 Å². The average Bonchev–Trinajstić information content (AvgIpc) is 2.85. The van der Waals surface area contributed by atoms with Gasteiger partial charge in [0.05, 0.1) is 38.7 Å². The Kier molecular flexibility index (Phi) is 4.74. The average molecular weight is 329 g/mol. The van der Waals surface area contributed by atoms with Crippen molar-refractivity contribution in [2.75, 3.05) is 32.8 Å². The summed E-state index contributed by atoms with van der Waals surface area (Å²) in [4.78, 5) is 12.7. The fourth-order valence-corrected chi connectivity index (χ4v) is 2.47. The molecule has 1 amide bonds. The Balaban J connectivity index is 1.92. The smallest absolute Gasteiger partial charge is 0.259 e. The molecule has 0 fully saturated rings. The molecule has 0 bridgehead atoms. The standard InChI is InChI=1S/C18H19NO5/c1-21-14-7-4-3-6-13(14)19-18(20)12-10-16-17(11-15(12)22-2)24-9-5-8-23-16/h3-4,6-7,10-11H,5,8-9H2,1-2H3,(H,19,20). The van der Waals surface area contributed by atoms with E-state index in [0.29, 0.717) is 47.5 Å². The van der Waals surface area contributed by atoms with Crippen LogP contribution in [-0.2, 0) is 0 Å². The highest BCUT2D eigenvalue weighted by atomic mass is 16.5. The number of fused-ring (bicyclic) bond motifs is 1. The van der Waals surface area contributed by atoms with E-state index in [0.717, 1.165) is 6.42 Å². The van der Waals surface area contributed by atoms with Crippen LogP contribution in [-0.4, -0.2) is 33.3 Å². The second kappa shape index (κ2) is 7.12. The van der Waals surface area contributed by atoms with Crippen LogP contribution in [0.4, 0.5) is 5.69 Å². The first-order valence-electron chi connectivity index (χ1n) is 7.65. The number of methoxy groups -OCH3 is 2. The number of hydrogen-bond acceptors (Lipinski definition) is 5. The van der Waals surface area contributed by atoms with Gasteiger partial charge in [-0.2, -0.15) is 0 Å². The van der Waals surface area contributed by atoms with Gasteiger partial charge in [-0.1, -0.05) is 12.1 Å². The van der Waals surface area contributed by atoms with Crippen LogP contribution in [0, 0.1) is 0 Å². The number of carbonyl (C=O) groups excluding carboxylic acids is 1. The van der Waals surface area contributed by atoms with Gasteiger partial charge < -0.3 is 24.3 Å². The molecule has 0 saturated heterocycles. The third-order valence-electron chi connectivity index (χ3n) is 3.67. The van der Waals surface area contributed by atoms with Crippen molar-refractivity contribution in [2.45, 2.75) is 6.42 Å². The van der Waals surface area contributed by atoms with E-state index >= 15 is 0 Å². The number of benzene rings is 2. The van der Waals surface area contributed by atoms with E-state index in [1.807, 2.05) is 12.1 Å². The zero-order valence-corrected chi connectivity index (χ0v) is 13.6. The van der Waals surface area contributed by atoms with Gasteiger partial charge >= 0.3 is 0 Å². The summed E-state index contributed by atoms with van der Waals surface area (Å²) in [5, 5.41) is 2.83. The lowest BCUT2D eigenvalue weighted by Crippen LogP contribution is -2.14. The molecule has 1 N–H and O–H groups in total. The van der Waals surface area contributed by atoms with Crippen molar-refractivity contribution in [3.05, 3.63) is 42.0 Å². The summed E-state index contributed by atoms with van der Waals surface area (Å²) in [6.45, 7) is 1.12. The molecule has 1 heterocycles. The van der Waals surface area contributed by atoms with Gasteiger partial charge in [-0.3, -0.25) is 4.79 Å². The minimum absolute atomic E-state index is 0.313. The summed E-state index contributed by atoms with van der Waals surface area (Å²) in [5.74, 6) is 1.81. The molecule has 0 aromatic heterocycles. The minimum Gasteiger partial charge on any atom is -0.496 e. The molecular weight excluding hydrogens is 310 g/mol. The summed E-state index contributed by atoms with van der Waals surface area (Å²) >= 11 is 0. The number of para-hydroxylation sites is 2. The Labute approximate surface area is 140 Å². The third kappa shape index (κ3) is 3.22. The molecule has 1 aliphatic heterocycles. The van der Waals surface area contributed by atoms with Crippen LogP contribution in [0.2, 0.25) is 0 Å². The van der Waals surface area contributed by atoms with Crippen molar-refractivity contribution < 1.29 is 23.7 Å². The molecule has 0 saturated carbocycles. The summed E-state index contributed by atoms with van der Waals surface area (Å²) in [7, 11) is 3.07. The number of amides is 1. The molecule has 0 unspecified atom stereocenters. The summed E-state index contributed by atoms with van der Waals surface area (Å²) < 4.78 is 21.9. The highest BCUT2D eigenvalue weighted by Crippen LogP contribution is 2.37. The highest BCUT2D eigenvalue weighted by Gasteiger charge is 2.20. The van der Waals surface area contributed by atoms with E-state index < -0.39 is 0 Å². The highest BCUT2D eigenvalue weighted by molar-refractivity contribution is 6.07. The van der Waals surface area contributed by atoms with Crippen LogP contribution in [0.5, 0.6) is 23.0 Å². The molecule has 6 nitrogen and oxygen atoms in total. The molecule has 0 aliphatic carbocycles. The van der Waals surface area contributed by atoms with Gasteiger partial charge in [-0.05, 0) is 12.1 Å². The summed E-state index contributed by atoms with van der Waals surface area (Å²) in [6, 6.07) is 10.5. The van der Waals surface area contributed by atoms with Gasteiger partial charge in [0.1, 0.15) is 11.5 Å². The predicted molar refractivity (Wildman–Crippen MR) is 89.5 cm³/mol. The SMILES string of the molecule is COc1ccccc1NC(=O)c1cc2c(cc1OC)OCCCO2. The number of rotatable bonds is 4. The summed E-state index contributed by atoms with van der Waals surface area (Å²) in [5.41, 5.74) is 0.951. The van der Waals surface area contributed by atoms with Crippen molar-refractivity contribution in [1.29, 1.82) is 0 Å². The first-order chi connectivity index (χ1) is 11.7. The van der Waals surface area contributed by atoms with E-state index in [9.17, 15) is 4.79 Å². The minimum atomic E-state index is -0.313. The lowest BCUT2D eigenvalue weighted by Gasteiger charge is -2.15. The first-order valence-corrected chi connectivity index (χ1v) is 7.65. The largest absolute Gasteiger partial charge is 0.496 e. The number of carbonyl (C=O) groups is 1.